The van der Waals surface area contributed by atoms with E-state index in [1.54, 1.807) is 0 Å². The number of benzene rings is 2. The molecular weight excluding hydrogens is 391 g/mol. The van der Waals surface area contributed by atoms with Gasteiger partial charge in [0.15, 0.2) is 11.2 Å². The highest BCUT2D eigenvalue weighted by molar-refractivity contribution is 7.14. The van der Waals surface area contributed by atoms with E-state index in [1.807, 2.05) is 17.5 Å². The van der Waals surface area contributed by atoms with Crippen molar-refractivity contribution in [1.82, 2.24) is 4.98 Å². The lowest BCUT2D eigenvalue weighted by molar-refractivity contribution is -0.152. The zero-order valence-corrected chi connectivity index (χ0v) is 17.0. The maximum absolute atomic E-state index is 12.9. The molecule has 29 heavy (non-hydrogen) atoms. The topological polar surface area (TPSA) is 68.3 Å². The van der Waals surface area contributed by atoms with E-state index >= 15 is 0 Å². The average Bonchev–Trinajstić information content (AvgIpc) is 3.18. The van der Waals surface area contributed by atoms with Crippen LogP contribution in [0.3, 0.4) is 0 Å². The molecule has 5 nitrogen and oxygen atoms in total. The number of rotatable bonds is 7. The number of thiazole rings is 1. The Balaban J connectivity index is 1.54. The number of carbonyl (C=O) groups is 2. The van der Waals surface area contributed by atoms with Crippen molar-refractivity contribution in [2.75, 3.05) is 5.32 Å². The number of nitrogens with one attached hydrogen (secondary N) is 1. The third-order valence-electron chi connectivity index (χ3n) is 4.33. The van der Waals surface area contributed by atoms with E-state index in [0.29, 0.717) is 10.7 Å². The predicted molar refractivity (Wildman–Crippen MR) is 111 cm³/mol. The summed E-state index contributed by atoms with van der Waals surface area (Å²) < 4.78 is 18.1. The summed E-state index contributed by atoms with van der Waals surface area (Å²) in [5.41, 5.74) is 3.60. The van der Waals surface area contributed by atoms with Crippen molar-refractivity contribution in [2.45, 2.75) is 32.8 Å². The van der Waals surface area contributed by atoms with Gasteiger partial charge in [-0.05, 0) is 36.6 Å². The molecule has 0 aliphatic heterocycles. The molecule has 1 N–H and O–H groups in total. The van der Waals surface area contributed by atoms with E-state index in [4.69, 9.17) is 4.74 Å². The van der Waals surface area contributed by atoms with E-state index in [-0.39, 0.29) is 12.2 Å². The van der Waals surface area contributed by atoms with Gasteiger partial charge < -0.3 is 4.74 Å². The molecule has 3 aromatic rings. The highest BCUT2D eigenvalue weighted by atomic mass is 32.1. The summed E-state index contributed by atoms with van der Waals surface area (Å²) in [4.78, 5) is 28.7. The Morgan fingerprint density at radius 1 is 1.10 bits per heavy atom. The van der Waals surface area contributed by atoms with Crippen LogP contribution >= 0.6 is 11.3 Å². The molecule has 2 aromatic carbocycles. The van der Waals surface area contributed by atoms with E-state index in [0.717, 1.165) is 17.7 Å². The first-order valence-corrected chi connectivity index (χ1v) is 10.1. The first-order valence-electron chi connectivity index (χ1n) is 9.24. The Bertz CT molecular complexity index is 984. The molecule has 0 bridgehead atoms. The second-order valence-electron chi connectivity index (χ2n) is 6.51. The van der Waals surface area contributed by atoms with Gasteiger partial charge in [0.1, 0.15) is 5.82 Å². The van der Waals surface area contributed by atoms with Gasteiger partial charge in [0.05, 0.1) is 12.1 Å². The number of hydrogen-bond acceptors (Lipinski definition) is 5. The normalized spacial score (nSPS) is 11.7. The van der Waals surface area contributed by atoms with Crippen LogP contribution in [-0.2, 0) is 27.2 Å². The van der Waals surface area contributed by atoms with Gasteiger partial charge in [-0.15, -0.1) is 11.3 Å². The van der Waals surface area contributed by atoms with Crippen molar-refractivity contribution in [3.63, 3.8) is 0 Å². The van der Waals surface area contributed by atoms with Crippen LogP contribution in [0.15, 0.2) is 53.9 Å². The SMILES string of the molecule is CCc1ccc(-c2csc(NC(=O)[C@H](C)OC(=O)Cc3ccc(F)cc3)n2)cc1. The number of halogens is 1. The van der Waals surface area contributed by atoms with E-state index in [1.165, 1.54) is 48.1 Å². The van der Waals surface area contributed by atoms with Gasteiger partial charge in [0, 0.05) is 10.9 Å². The third-order valence-corrected chi connectivity index (χ3v) is 5.09. The summed E-state index contributed by atoms with van der Waals surface area (Å²) >= 11 is 1.30. The molecule has 150 valence electrons. The van der Waals surface area contributed by atoms with Gasteiger partial charge in [0.25, 0.3) is 5.91 Å². The molecular formula is C22H21FN2O3S. The highest BCUT2D eigenvalue weighted by Gasteiger charge is 2.19. The van der Waals surface area contributed by atoms with Gasteiger partial charge >= 0.3 is 5.97 Å². The van der Waals surface area contributed by atoms with Crippen LogP contribution in [0.1, 0.15) is 25.0 Å². The van der Waals surface area contributed by atoms with E-state index in [9.17, 15) is 14.0 Å². The number of esters is 1. The molecule has 1 amide bonds. The zero-order chi connectivity index (χ0) is 20.8. The number of nitrogens with zero attached hydrogens (tertiary/aromatic N) is 1. The lowest BCUT2D eigenvalue weighted by Gasteiger charge is -2.12. The largest absolute Gasteiger partial charge is 0.452 e. The molecule has 0 spiro atoms. The quantitative estimate of drug-likeness (QED) is 0.575. The Kier molecular flexibility index (Phi) is 6.72. The van der Waals surface area contributed by atoms with Crippen LogP contribution in [0, 0.1) is 5.82 Å². The number of ether oxygens (including phenoxy) is 1. The van der Waals surface area contributed by atoms with Crippen molar-refractivity contribution in [1.29, 1.82) is 0 Å². The maximum Gasteiger partial charge on any atom is 0.311 e. The second kappa shape index (κ2) is 9.43. The van der Waals surface area contributed by atoms with Crippen LogP contribution in [0.2, 0.25) is 0 Å². The maximum atomic E-state index is 12.9. The third kappa shape index (κ3) is 5.71. The molecule has 0 aliphatic rings. The van der Waals surface area contributed by atoms with Crippen molar-refractivity contribution >= 4 is 28.3 Å². The molecule has 7 heteroatoms. The van der Waals surface area contributed by atoms with E-state index < -0.39 is 18.0 Å². The monoisotopic (exact) mass is 412 g/mol. The molecule has 0 aliphatic carbocycles. The summed E-state index contributed by atoms with van der Waals surface area (Å²) in [5, 5.41) is 4.97. The fourth-order valence-corrected chi connectivity index (χ4v) is 3.37. The number of aromatic nitrogens is 1. The van der Waals surface area contributed by atoms with Crippen molar-refractivity contribution in [3.8, 4) is 11.3 Å². The van der Waals surface area contributed by atoms with Crippen LogP contribution in [0.25, 0.3) is 11.3 Å². The Morgan fingerprint density at radius 3 is 2.41 bits per heavy atom. The minimum atomic E-state index is -0.973. The van der Waals surface area contributed by atoms with Gasteiger partial charge in [-0.1, -0.05) is 43.3 Å². The van der Waals surface area contributed by atoms with E-state index in [2.05, 4.69) is 29.4 Å². The molecule has 1 heterocycles. The van der Waals surface area contributed by atoms with Gasteiger partial charge in [-0.25, -0.2) is 9.37 Å². The van der Waals surface area contributed by atoms with Gasteiger partial charge in [-0.2, -0.15) is 0 Å². The number of anilines is 1. The number of amides is 1. The second-order valence-corrected chi connectivity index (χ2v) is 7.37. The molecule has 3 rings (SSSR count). The molecule has 0 unspecified atom stereocenters. The van der Waals surface area contributed by atoms with Crippen LogP contribution in [0.5, 0.6) is 0 Å². The minimum absolute atomic E-state index is 0.0347. The van der Waals surface area contributed by atoms with Crippen LogP contribution in [0.4, 0.5) is 9.52 Å². The first-order chi connectivity index (χ1) is 13.9. The summed E-state index contributed by atoms with van der Waals surface area (Å²) in [6, 6.07) is 13.7. The summed E-state index contributed by atoms with van der Waals surface area (Å²) in [7, 11) is 0. The molecule has 0 radical (unpaired) electrons. The number of carbonyl (C=O) groups excluding carboxylic acids is 2. The fraction of sp³-hybridized carbons (Fsp3) is 0.227. The Hall–Kier alpha value is -3.06. The van der Waals surface area contributed by atoms with Crippen LogP contribution < -0.4 is 5.32 Å². The van der Waals surface area contributed by atoms with Crippen LogP contribution in [-0.4, -0.2) is 23.0 Å². The van der Waals surface area contributed by atoms with Gasteiger partial charge in [0.2, 0.25) is 0 Å². The Labute approximate surface area is 172 Å². The summed E-state index contributed by atoms with van der Waals surface area (Å²) in [5.74, 6) is -1.39. The molecule has 0 saturated carbocycles. The van der Waals surface area contributed by atoms with Gasteiger partial charge in [-0.3, -0.25) is 14.9 Å². The molecule has 0 saturated heterocycles. The summed E-state index contributed by atoms with van der Waals surface area (Å²) in [6.07, 6.45) is -0.0390. The molecule has 1 aromatic heterocycles. The summed E-state index contributed by atoms with van der Waals surface area (Å²) in [6.45, 7) is 3.59. The van der Waals surface area contributed by atoms with Crippen molar-refractivity contribution in [2.24, 2.45) is 0 Å². The standard InChI is InChI=1S/C22H21FN2O3S/c1-3-15-4-8-17(9-5-15)19-13-29-22(24-19)25-21(27)14(2)28-20(26)12-16-6-10-18(23)11-7-16/h4-11,13-14H,3,12H2,1-2H3,(H,24,25,27)/t14-/m0/s1. The lowest BCUT2D eigenvalue weighted by Crippen LogP contribution is -2.30. The Morgan fingerprint density at radius 2 is 1.76 bits per heavy atom. The number of aryl methyl sites for hydroxylation is 1. The minimum Gasteiger partial charge on any atom is -0.452 e. The molecule has 1 atom stereocenters. The number of hydrogen-bond donors (Lipinski definition) is 1. The highest BCUT2D eigenvalue weighted by Crippen LogP contribution is 2.25. The van der Waals surface area contributed by atoms with Crippen molar-refractivity contribution in [3.05, 3.63) is 70.9 Å². The smallest absolute Gasteiger partial charge is 0.311 e. The fourth-order valence-electron chi connectivity index (χ4n) is 2.64. The molecule has 0 fully saturated rings. The zero-order valence-electron chi connectivity index (χ0n) is 16.1. The average molecular weight is 412 g/mol. The lowest BCUT2D eigenvalue weighted by atomic mass is 10.1. The van der Waals surface area contributed by atoms with Crippen molar-refractivity contribution < 1.29 is 18.7 Å². The predicted octanol–water partition coefficient (Wildman–Crippen LogP) is 4.62. The first kappa shape index (κ1) is 20.7.